The second-order valence-electron chi connectivity index (χ2n) is 4.84. The Bertz CT molecular complexity index is 316. The van der Waals surface area contributed by atoms with Crippen molar-refractivity contribution in [1.82, 2.24) is 0 Å². The van der Waals surface area contributed by atoms with Crippen molar-refractivity contribution < 1.29 is 5.11 Å². The van der Waals surface area contributed by atoms with Crippen molar-refractivity contribution in [3.63, 3.8) is 0 Å². The average molecular weight is 246 g/mol. The highest BCUT2D eigenvalue weighted by molar-refractivity contribution is 5.20. The molecule has 1 atom stereocenters. The van der Waals surface area contributed by atoms with Crippen molar-refractivity contribution in [3.05, 3.63) is 48.0 Å². The molecule has 1 heteroatoms. The zero-order valence-electron chi connectivity index (χ0n) is 11.5. The first-order chi connectivity index (χ1) is 8.84. The Morgan fingerprint density at radius 2 is 1.67 bits per heavy atom. The van der Waals surface area contributed by atoms with Gasteiger partial charge in [-0.1, -0.05) is 81.5 Å². The highest BCUT2D eigenvalue weighted by Crippen LogP contribution is 2.14. The Labute approximate surface area is 112 Å². The van der Waals surface area contributed by atoms with E-state index >= 15 is 0 Å². The van der Waals surface area contributed by atoms with Crippen LogP contribution in [0.15, 0.2) is 42.5 Å². The standard InChI is InChI=1S/C17H26O/c1-2-3-4-5-6-7-8-12-15-17(18)16-13-10-9-11-14-16/h9-15,17-18H,2-8H2,1H3/b15-12+. The molecule has 0 aliphatic heterocycles. The fraction of sp³-hybridized carbons (Fsp3) is 0.529. The van der Waals surface area contributed by atoms with Gasteiger partial charge in [-0.05, 0) is 18.4 Å². The maximum Gasteiger partial charge on any atom is 0.0971 e. The Balaban J connectivity index is 2.10. The number of rotatable bonds is 9. The minimum absolute atomic E-state index is 0.453. The third kappa shape index (κ3) is 6.61. The maximum absolute atomic E-state index is 9.91. The van der Waals surface area contributed by atoms with E-state index in [-0.39, 0.29) is 0 Å². The van der Waals surface area contributed by atoms with Crippen LogP contribution in [0.2, 0.25) is 0 Å². The fourth-order valence-corrected chi connectivity index (χ4v) is 2.03. The summed E-state index contributed by atoms with van der Waals surface area (Å²) in [7, 11) is 0. The molecule has 18 heavy (non-hydrogen) atoms. The van der Waals surface area contributed by atoms with Crippen molar-refractivity contribution in [2.24, 2.45) is 0 Å². The lowest BCUT2D eigenvalue weighted by Gasteiger charge is -2.04. The van der Waals surface area contributed by atoms with Crippen LogP contribution in [0.4, 0.5) is 0 Å². The van der Waals surface area contributed by atoms with Gasteiger partial charge in [0.05, 0.1) is 6.10 Å². The van der Waals surface area contributed by atoms with Gasteiger partial charge in [0.1, 0.15) is 0 Å². The van der Waals surface area contributed by atoms with Gasteiger partial charge in [-0.25, -0.2) is 0 Å². The molecule has 0 spiro atoms. The quantitative estimate of drug-likeness (QED) is 0.479. The summed E-state index contributed by atoms with van der Waals surface area (Å²) in [6, 6.07) is 9.80. The van der Waals surface area contributed by atoms with Crippen molar-refractivity contribution in [2.45, 2.75) is 58.0 Å². The first kappa shape index (κ1) is 15.0. The van der Waals surface area contributed by atoms with E-state index in [1.165, 1.54) is 38.5 Å². The SMILES string of the molecule is CCCCCCCC/C=C/C(O)c1ccccc1. The minimum atomic E-state index is -0.453. The normalized spacial score (nSPS) is 13.0. The molecule has 1 unspecified atom stereocenters. The van der Waals surface area contributed by atoms with Crippen LogP contribution < -0.4 is 0 Å². The van der Waals surface area contributed by atoms with E-state index in [0.29, 0.717) is 0 Å². The van der Waals surface area contributed by atoms with Crippen LogP contribution in [0, 0.1) is 0 Å². The van der Waals surface area contributed by atoms with Crippen LogP contribution in [-0.2, 0) is 0 Å². The Hall–Kier alpha value is -1.08. The number of hydrogen-bond donors (Lipinski definition) is 1. The number of unbranched alkanes of at least 4 members (excludes halogenated alkanes) is 6. The molecular weight excluding hydrogens is 220 g/mol. The summed E-state index contributed by atoms with van der Waals surface area (Å²) < 4.78 is 0. The average Bonchev–Trinajstić information content (AvgIpc) is 2.42. The molecule has 1 aromatic rings. The van der Waals surface area contributed by atoms with Crippen LogP contribution >= 0.6 is 0 Å². The summed E-state index contributed by atoms with van der Waals surface area (Å²) in [6.07, 6.45) is 12.6. The van der Waals surface area contributed by atoms with E-state index in [9.17, 15) is 5.11 Å². The molecule has 0 heterocycles. The zero-order valence-corrected chi connectivity index (χ0v) is 11.5. The van der Waals surface area contributed by atoms with Gasteiger partial charge in [0, 0.05) is 0 Å². The highest BCUT2D eigenvalue weighted by atomic mass is 16.3. The summed E-state index contributed by atoms with van der Waals surface area (Å²) in [5.41, 5.74) is 0.969. The minimum Gasteiger partial charge on any atom is -0.384 e. The van der Waals surface area contributed by atoms with E-state index in [4.69, 9.17) is 0 Å². The molecule has 0 bridgehead atoms. The largest absolute Gasteiger partial charge is 0.384 e. The lowest BCUT2D eigenvalue weighted by molar-refractivity contribution is 0.228. The van der Waals surface area contributed by atoms with Crippen LogP contribution in [0.1, 0.15) is 63.5 Å². The molecule has 0 saturated carbocycles. The van der Waals surface area contributed by atoms with Gasteiger partial charge in [-0.15, -0.1) is 0 Å². The number of benzene rings is 1. The monoisotopic (exact) mass is 246 g/mol. The summed E-state index contributed by atoms with van der Waals surface area (Å²) in [5.74, 6) is 0. The molecule has 0 radical (unpaired) electrons. The molecule has 1 nitrogen and oxygen atoms in total. The van der Waals surface area contributed by atoms with Crippen LogP contribution in [-0.4, -0.2) is 5.11 Å². The predicted molar refractivity (Wildman–Crippen MR) is 78.5 cm³/mol. The molecule has 100 valence electrons. The van der Waals surface area contributed by atoms with Crippen LogP contribution in [0.3, 0.4) is 0 Å². The number of allylic oxidation sites excluding steroid dienone is 1. The molecule has 1 N–H and O–H groups in total. The zero-order chi connectivity index (χ0) is 13.1. The van der Waals surface area contributed by atoms with E-state index < -0.39 is 6.10 Å². The predicted octanol–water partition coefficient (Wildman–Crippen LogP) is 5.03. The second-order valence-corrected chi connectivity index (χ2v) is 4.84. The first-order valence-corrected chi connectivity index (χ1v) is 7.24. The summed E-state index contributed by atoms with van der Waals surface area (Å²) >= 11 is 0. The van der Waals surface area contributed by atoms with E-state index in [1.807, 2.05) is 36.4 Å². The molecule has 1 rings (SSSR count). The summed E-state index contributed by atoms with van der Waals surface area (Å²) in [5, 5.41) is 9.91. The van der Waals surface area contributed by atoms with Gasteiger partial charge >= 0.3 is 0 Å². The van der Waals surface area contributed by atoms with Crippen molar-refractivity contribution >= 4 is 0 Å². The van der Waals surface area contributed by atoms with Gasteiger partial charge in [-0.2, -0.15) is 0 Å². The molecule has 0 amide bonds. The van der Waals surface area contributed by atoms with Crippen LogP contribution in [0.25, 0.3) is 0 Å². The lowest BCUT2D eigenvalue weighted by atomic mass is 10.1. The lowest BCUT2D eigenvalue weighted by Crippen LogP contribution is -1.91. The Morgan fingerprint density at radius 1 is 1.00 bits per heavy atom. The Kier molecular flexibility index (Phi) is 8.24. The molecule has 1 aromatic carbocycles. The van der Waals surface area contributed by atoms with Crippen LogP contribution in [0.5, 0.6) is 0 Å². The van der Waals surface area contributed by atoms with Gasteiger partial charge in [0.25, 0.3) is 0 Å². The van der Waals surface area contributed by atoms with Crippen molar-refractivity contribution in [1.29, 1.82) is 0 Å². The summed E-state index contributed by atoms with van der Waals surface area (Å²) in [6.45, 7) is 2.24. The molecule has 0 fully saturated rings. The third-order valence-corrected chi connectivity index (χ3v) is 3.18. The molecule has 0 aliphatic rings. The molecule has 0 saturated heterocycles. The van der Waals surface area contributed by atoms with Gasteiger partial charge < -0.3 is 5.11 Å². The first-order valence-electron chi connectivity index (χ1n) is 7.24. The highest BCUT2D eigenvalue weighted by Gasteiger charge is 2.00. The number of aliphatic hydroxyl groups excluding tert-OH is 1. The van der Waals surface area contributed by atoms with Gasteiger partial charge in [0.2, 0.25) is 0 Å². The van der Waals surface area contributed by atoms with Gasteiger partial charge in [-0.3, -0.25) is 0 Å². The van der Waals surface area contributed by atoms with E-state index in [2.05, 4.69) is 13.0 Å². The smallest absolute Gasteiger partial charge is 0.0971 e. The number of aliphatic hydroxyl groups is 1. The molecule has 0 aliphatic carbocycles. The second kappa shape index (κ2) is 9.90. The summed E-state index contributed by atoms with van der Waals surface area (Å²) in [4.78, 5) is 0. The third-order valence-electron chi connectivity index (χ3n) is 3.18. The van der Waals surface area contributed by atoms with Crippen molar-refractivity contribution in [2.75, 3.05) is 0 Å². The Morgan fingerprint density at radius 3 is 2.39 bits per heavy atom. The topological polar surface area (TPSA) is 20.2 Å². The van der Waals surface area contributed by atoms with Gasteiger partial charge in [0.15, 0.2) is 0 Å². The number of hydrogen-bond acceptors (Lipinski definition) is 1. The van der Waals surface area contributed by atoms with Crippen molar-refractivity contribution in [3.8, 4) is 0 Å². The van der Waals surface area contributed by atoms with E-state index in [0.717, 1.165) is 12.0 Å². The fourth-order valence-electron chi connectivity index (χ4n) is 2.03. The molecule has 0 aromatic heterocycles. The molecular formula is C17H26O. The van der Waals surface area contributed by atoms with E-state index in [1.54, 1.807) is 0 Å². The maximum atomic E-state index is 9.91.